The second-order valence-electron chi connectivity index (χ2n) is 9.82. The highest BCUT2D eigenvalue weighted by molar-refractivity contribution is 5.57. The Morgan fingerprint density at radius 2 is 1.66 bits per heavy atom. The van der Waals surface area contributed by atoms with Crippen LogP contribution < -0.4 is 4.90 Å². The van der Waals surface area contributed by atoms with Gasteiger partial charge in [0, 0.05) is 48.5 Å². The molecule has 3 aromatic carbocycles. The predicted octanol–water partition coefficient (Wildman–Crippen LogP) is 6.67. The smallest absolute Gasteiger partial charge is 0.274 e. The molecule has 182 valence electrons. The molecule has 0 radical (unpaired) electrons. The van der Waals surface area contributed by atoms with Gasteiger partial charge >= 0.3 is 0 Å². The third-order valence-corrected chi connectivity index (χ3v) is 7.63. The number of aryl methyl sites for hydroxylation is 1. The van der Waals surface area contributed by atoms with E-state index in [9.17, 15) is 14.3 Å². The summed E-state index contributed by atoms with van der Waals surface area (Å²) in [6.07, 6.45) is 2.26. The Labute approximate surface area is 203 Å². The molecule has 0 bridgehead atoms. The third kappa shape index (κ3) is 4.42. The van der Waals surface area contributed by atoms with Gasteiger partial charge in [-0.05, 0) is 78.4 Å². The lowest BCUT2D eigenvalue weighted by Gasteiger charge is -2.39. The van der Waals surface area contributed by atoms with Crippen LogP contribution in [0, 0.1) is 18.7 Å². The van der Waals surface area contributed by atoms with E-state index < -0.39 is 24.1 Å². The molecule has 0 saturated carbocycles. The second-order valence-corrected chi connectivity index (χ2v) is 9.82. The molecule has 1 aliphatic carbocycles. The maximum Gasteiger partial charge on any atom is 0.274 e. The fourth-order valence-electron chi connectivity index (χ4n) is 5.80. The first-order valence-corrected chi connectivity index (χ1v) is 12.0. The van der Waals surface area contributed by atoms with Crippen LogP contribution in [-0.2, 0) is 10.7 Å². The molecule has 6 heteroatoms. The van der Waals surface area contributed by atoms with Gasteiger partial charge in [0.05, 0.1) is 0 Å². The lowest BCUT2D eigenvalue weighted by Crippen LogP contribution is -2.34. The number of anilines is 1. The average molecular weight is 480 g/mol. The number of aldehydes is 1. The fourth-order valence-corrected chi connectivity index (χ4v) is 5.80. The molecule has 0 unspecified atom stereocenters. The van der Waals surface area contributed by atoms with E-state index in [0.29, 0.717) is 16.7 Å². The molecule has 2 aliphatic rings. The Morgan fingerprint density at radius 1 is 0.971 bits per heavy atom. The molecule has 35 heavy (non-hydrogen) atoms. The summed E-state index contributed by atoms with van der Waals surface area (Å²) in [5.41, 5.74) is 3.61. The topological polar surface area (TPSA) is 40.5 Å². The maximum absolute atomic E-state index is 15.4. The number of alkyl halides is 2. The van der Waals surface area contributed by atoms with Gasteiger partial charge < -0.3 is 14.8 Å². The van der Waals surface area contributed by atoms with E-state index in [1.165, 1.54) is 24.3 Å². The van der Waals surface area contributed by atoms with Gasteiger partial charge in [-0.3, -0.25) is 0 Å². The monoisotopic (exact) mass is 479 g/mol. The Morgan fingerprint density at radius 3 is 2.31 bits per heavy atom. The molecule has 0 spiro atoms. The van der Waals surface area contributed by atoms with Crippen LogP contribution in [0.2, 0.25) is 0 Å². The fraction of sp³-hybridized carbons (Fsp3) is 0.345. The molecule has 3 nitrogen and oxygen atoms in total. The molecule has 1 saturated heterocycles. The number of benzene rings is 3. The Hall–Kier alpha value is -3.28. The number of aromatic hydroxyl groups is 1. The summed E-state index contributed by atoms with van der Waals surface area (Å²) in [7, 11) is 0. The number of phenols is 1. The minimum Gasteiger partial charge on any atom is -0.508 e. The van der Waals surface area contributed by atoms with Crippen molar-refractivity contribution in [2.45, 2.75) is 43.9 Å². The van der Waals surface area contributed by atoms with Gasteiger partial charge in [-0.2, -0.15) is 0 Å². The summed E-state index contributed by atoms with van der Waals surface area (Å²) in [5, 5.41) is 9.95. The molecular formula is C29H28F3NO2. The summed E-state index contributed by atoms with van der Waals surface area (Å²) < 4.78 is 44.6. The molecule has 2 atom stereocenters. The molecule has 0 amide bonds. The minimum atomic E-state index is -3.13. The lowest BCUT2D eigenvalue weighted by atomic mass is 9.67. The lowest BCUT2D eigenvalue weighted by molar-refractivity contribution is -0.111. The van der Waals surface area contributed by atoms with Crippen LogP contribution in [0.25, 0.3) is 0 Å². The van der Waals surface area contributed by atoms with Gasteiger partial charge in [-0.15, -0.1) is 0 Å². The van der Waals surface area contributed by atoms with Crippen LogP contribution in [-0.4, -0.2) is 24.5 Å². The van der Waals surface area contributed by atoms with E-state index in [0.717, 1.165) is 43.5 Å². The minimum absolute atomic E-state index is 0.113. The van der Waals surface area contributed by atoms with Gasteiger partial charge in [0.25, 0.3) is 5.92 Å². The van der Waals surface area contributed by atoms with Crippen molar-refractivity contribution in [1.29, 1.82) is 0 Å². The van der Waals surface area contributed by atoms with E-state index >= 15 is 8.78 Å². The summed E-state index contributed by atoms with van der Waals surface area (Å²) in [5.74, 6) is -4.52. The molecule has 1 heterocycles. The van der Waals surface area contributed by atoms with Crippen molar-refractivity contribution in [3.63, 3.8) is 0 Å². The summed E-state index contributed by atoms with van der Waals surface area (Å²) in [6, 6.07) is 16.5. The van der Waals surface area contributed by atoms with Crippen molar-refractivity contribution in [2.24, 2.45) is 5.92 Å². The second kappa shape index (κ2) is 9.06. The molecule has 0 aromatic heterocycles. The number of piperidine rings is 1. The van der Waals surface area contributed by atoms with E-state index in [4.69, 9.17) is 0 Å². The van der Waals surface area contributed by atoms with Crippen LogP contribution in [0.5, 0.6) is 5.75 Å². The average Bonchev–Trinajstić information content (AvgIpc) is 2.84. The standard InChI is InChI=1S/C29H28F3NO2/c1-18-14-21(30)4-8-24(18)26-16-29(31,32)27-15-23(35)7-9-25(27)28(26)20-2-5-22(6-3-20)33-12-10-19(17-34)11-13-33/h2-9,14-15,17,19,26,28,35H,10-13,16H2,1H3/t26-,28-/m0/s1. The van der Waals surface area contributed by atoms with E-state index in [2.05, 4.69) is 4.90 Å². The van der Waals surface area contributed by atoms with Crippen LogP contribution in [0.4, 0.5) is 18.9 Å². The highest BCUT2D eigenvalue weighted by Crippen LogP contribution is 2.55. The molecule has 5 rings (SSSR count). The number of halogens is 3. The zero-order chi connectivity index (χ0) is 24.7. The van der Waals surface area contributed by atoms with Crippen LogP contribution >= 0.6 is 0 Å². The van der Waals surface area contributed by atoms with Gasteiger partial charge in [-0.25, -0.2) is 13.2 Å². The largest absolute Gasteiger partial charge is 0.508 e. The number of hydrogen-bond donors (Lipinski definition) is 1. The molecule has 1 N–H and O–H groups in total. The highest BCUT2D eigenvalue weighted by atomic mass is 19.3. The third-order valence-electron chi connectivity index (χ3n) is 7.63. The molecule has 1 aliphatic heterocycles. The first-order chi connectivity index (χ1) is 16.8. The van der Waals surface area contributed by atoms with Crippen molar-refractivity contribution in [1.82, 2.24) is 0 Å². The van der Waals surface area contributed by atoms with Gasteiger partial charge in [0.2, 0.25) is 0 Å². The van der Waals surface area contributed by atoms with E-state index in [-0.39, 0.29) is 23.1 Å². The predicted molar refractivity (Wildman–Crippen MR) is 130 cm³/mol. The van der Waals surface area contributed by atoms with Gasteiger partial charge in [0.1, 0.15) is 17.9 Å². The number of phenolic OH excluding ortho intramolecular Hbond substituents is 1. The summed E-state index contributed by atoms with van der Waals surface area (Å²) in [6.45, 7) is 3.36. The number of carbonyl (C=O) groups is 1. The summed E-state index contributed by atoms with van der Waals surface area (Å²) in [4.78, 5) is 13.3. The zero-order valence-electron chi connectivity index (χ0n) is 19.6. The Kier molecular flexibility index (Phi) is 6.07. The first kappa shape index (κ1) is 23.5. The normalized spacial score (nSPS) is 22.0. The van der Waals surface area contributed by atoms with Crippen molar-refractivity contribution in [3.8, 4) is 5.75 Å². The highest BCUT2D eigenvalue weighted by Gasteiger charge is 2.47. The van der Waals surface area contributed by atoms with Crippen LogP contribution in [0.15, 0.2) is 60.7 Å². The maximum atomic E-state index is 15.4. The number of carbonyl (C=O) groups excluding carboxylic acids is 1. The number of hydrogen-bond acceptors (Lipinski definition) is 3. The van der Waals surface area contributed by atoms with Gasteiger partial charge in [0.15, 0.2) is 0 Å². The molecule has 3 aromatic rings. The SMILES string of the molecule is Cc1cc(F)ccc1[C@@H]1CC(F)(F)c2cc(O)ccc2[C@@H]1c1ccc(N2CCC(C=O)CC2)cc1. The number of fused-ring (bicyclic) bond motifs is 1. The Bertz CT molecular complexity index is 1230. The zero-order valence-corrected chi connectivity index (χ0v) is 19.6. The summed E-state index contributed by atoms with van der Waals surface area (Å²) >= 11 is 0. The quantitative estimate of drug-likeness (QED) is 0.425. The van der Waals surface area contributed by atoms with Crippen LogP contribution in [0.3, 0.4) is 0 Å². The van der Waals surface area contributed by atoms with E-state index in [1.54, 1.807) is 19.1 Å². The van der Waals surface area contributed by atoms with Crippen molar-refractivity contribution in [2.75, 3.05) is 18.0 Å². The first-order valence-electron chi connectivity index (χ1n) is 12.0. The number of nitrogens with zero attached hydrogens (tertiary/aromatic N) is 1. The van der Waals surface area contributed by atoms with Crippen molar-refractivity contribution in [3.05, 3.63) is 94.3 Å². The van der Waals surface area contributed by atoms with Crippen molar-refractivity contribution < 1.29 is 23.1 Å². The molecule has 1 fully saturated rings. The number of rotatable bonds is 4. The van der Waals surface area contributed by atoms with E-state index in [1.807, 2.05) is 24.3 Å². The Balaban J connectivity index is 1.56. The van der Waals surface area contributed by atoms with Crippen molar-refractivity contribution >= 4 is 12.0 Å². The van der Waals surface area contributed by atoms with Gasteiger partial charge in [-0.1, -0.05) is 24.3 Å². The molecular weight excluding hydrogens is 451 g/mol. The van der Waals surface area contributed by atoms with Crippen LogP contribution in [0.1, 0.15) is 58.9 Å².